The number of H-pyrrole nitrogens is 4. The van der Waals surface area contributed by atoms with E-state index in [2.05, 4.69) is 34.9 Å². The Kier molecular flexibility index (Phi) is 5.62. The second-order valence-corrected chi connectivity index (χ2v) is 11.1. The first-order chi connectivity index (χ1) is 23.0. The summed E-state index contributed by atoms with van der Waals surface area (Å²) in [5.74, 6) is -9.07. The quantitative estimate of drug-likeness (QED) is 0.130. The molecule has 0 spiro atoms. The number of benzene rings is 4. The summed E-state index contributed by atoms with van der Waals surface area (Å²) in [6, 6.07) is 6.81. The minimum absolute atomic E-state index is 0.00650. The molecule has 15 heteroatoms. The van der Waals surface area contributed by atoms with Gasteiger partial charge in [0.2, 0.25) is 0 Å². The molecule has 5 heterocycles. The fourth-order valence-corrected chi connectivity index (χ4v) is 6.18. The van der Waals surface area contributed by atoms with Gasteiger partial charge in [0.15, 0.2) is 23.3 Å². The molecule has 0 unspecified atom stereocenters. The number of hydrogen-bond donors (Lipinski definition) is 4. The third-order valence-electron chi connectivity index (χ3n) is 8.30. The van der Waals surface area contributed by atoms with Gasteiger partial charge in [0.1, 0.15) is 57.2 Å². The van der Waals surface area contributed by atoms with Crippen LogP contribution in [0.1, 0.15) is 5.69 Å². The van der Waals surface area contributed by atoms with Crippen LogP contribution in [0.15, 0.2) is 63.5 Å². The zero-order valence-electron chi connectivity index (χ0n) is 23.6. The van der Waals surface area contributed by atoms with Gasteiger partial charge in [-0.2, -0.15) is 0 Å². The maximum Gasteiger partial charge on any atom is 0.159 e. The van der Waals surface area contributed by atoms with Crippen LogP contribution in [0.25, 0.3) is 49.2 Å². The maximum absolute atomic E-state index is 15.4. The van der Waals surface area contributed by atoms with Crippen LogP contribution in [0.4, 0.5) is 52.6 Å². The van der Waals surface area contributed by atoms with E-state index in [0.29, 0.717) is 0 Å². The molecule has 8 bridgehead atoms. The van der Waals surface area contributed by atoms with Crippen LogP contribution in [-0.4, -0.2) is 19.9 Å². The molecule has 0 amide bonds. The molecule has 7 nitrogen and oxygen atoms in total. The molecule has 0 aliphatic carbocycles. The SMILES string of the molecule is Fc1cc2c3[nH]c(c2cc1F)N=c1[nH]c(c2c(F)ccc(F)c12)=Nc1[nH]c(c2cc(F)c(F)cc12)N=c1[nH]c(c2c(F)ccc(F)c12)=C3. The lowest BCUT2D eigenvalue weighted by atomic mass is 10.1. The van der Waals surface area contributed by atoms with Crippen LogP contribution < -0.4 is 21.8 Å². The molecule has 8 aromatic rings. The van der Waals surface area contributed by atoms with Crippen molar-refractivity contribution in [3.63, 3.8) is 0 Å². The van der Waals surface area contributed by atoms with Gasteiger partial charge in [0, 0.05) is 32.6 Å². The van der Waals surface area contributed by atoms with Gasteiger partial charge in [-0.05, 0) is 54.6 Å². The largest absolute Gasteiger partial charge is 0.339 e. The molecule has 9 rings (SSSR count). The highest BCUT2D eigenvalue weighted by atomic mass is 19.2. The lowest BCUT2D eigenvalue weighted by molar-refractivity contribution is 0.511. The number of nitrogens with zero attached hydrogens (tertiary/aromatic N) is 3. The number of aromatic amines is 4. The van der Waals surface area contributed by atoms with Crippen molar-refractivity contribution in [2.24, 2.45) is 15.0 Å². The molecule has 236 valence electrons. The molecular formula is C33H13F8N7. The Labute approximate surface area is 259 Å². The lowest BCUT2D eigenvalue weighted by Crippen LogP contribution is -2.11. The second kappa shape index (κ2) is 9.63. The molecule has 4 aromatic heterocycles. The number of hydrogen-bond acceptors (Lipinski definition) is 3. The van der Waals surface area contributed by atoms with E-state index in [0.717, 1.165) is 48.5 Å². The summed E-state index contributed by atoms with van der Waals surface area (Å²) in [5, 5.41) is -1.38. The van der Waals surface area contributed by atoms with Crippen LogP contribution in [0.2, 0.25) is 0 Å². The highest BCUT2D eigenvalue weighted by Crippen LogP contribution is 2.36. The molecule has 1 aliphatic rings. The van der Waals surface area contributed by atoms with E-state index >= 15 is 17.6 Å². The number of halogens is 8. The topological polar surface area (TPSA) is 100 Å². The molecule has 48 heavy (non-hydrogen) atoms. The molecule has 4 N–H and O–H groups in total. The summed E-state index contributed by atoms with van der Waals surface area (Å²) in [6.07, 6.45) is 1.29. The zero-order valence-corrected chi connectivity index (χ0v) is 23.6. The number of nitrogens with one attached hydrogen (secondary N) is 4. The summed E-state index contributed by atoms with van der Waals surface area (Å²) >= 11 is 0. The summed E-state index contributed by atoms with van der Waals surface area (Å²) in [5.41, 5.74) is -0.789. The lowest BCUT2D eigenvalue weighted by Gasteiger charge is -1.97. The van der Waals surface area contributed by atoms with Gasteiger partial charge in [0.05, 0.1) is 21.5 Å². The maximum atomic E-state index is 15.4. The van der Waals surface area contributed by atoms with Crippen molar-refractivity contribution in [2.45, 2.75) is 0 Å². The molecule has 0 saturated heterocycles. The fourth-order valence-electron chi connectivity index (χ4n) is 6.18. The first kappa shape index (κ1) is 28.0. The standard InChI is InChI=1S/C33H13F8N7/c34-14-1-2-15(35)25-24(14)23-9-22-10-5-18(38)19(39)6-11(10)28(42-22)45-32-26-16(36)3-4-17(37)27(26)33(48-32)47-30-13-8-21(41)20(40)7-12(13)29(44-30)46-31(25)43-23/h1-9H,(H4,42,43,44,45,46,47,48). The third-order valence-corrected chi connectivity index (χ3v) is 8.30. The number of aromatic nitrogens is 4. The zero-order chi connectivity index (χ0) is 33.2. The first-order valence-electron chi connectivity index (χ1n) is 14.1. The summed E-state index contributed by atoms with van der Waals surface area (Å²) in [7, 11) is 0. The van der Waals surface area contributed by atoms with E-state index in [1.165, 1.54) is 6.08 Å². The van der Waals surface area contributed by atoms with Crippen molar-refractivity contribution >= 4 is 66.6 Å². The normalized spacial score (nSPS) is 12.8. The first-order valence-corrected chi connectivity index (χ1v) is 14.1. The van der Waals surface area contributed by atoms with Crippen LogP contribution in [0.5, 0.6) is 0 Å². The molecule has 4 aromatic carbocycles. The Morgan fingerprint density at radius 2 is 0.750 bits per heavy atom. The van der Waals surface area contributed by atoms with Crippen LogP contribution >= 0.6 is 0 Å². The number of fused-ring (bicyclic) bond motifs is 20. The second-order valence-electron chi connectivity index (χ2n) is 11.1. The minimum Gasteiger partial charge on any atom is -0.339 e. The van der Waals surface area contributed by atoms with Crippen LogP contribution in [0, 0.1) is 46.5 Å². The van der Waals surface area contributed by atoms with E-state index in [4.69, 9.17) is 0 Å². The molecule has 0 atom stereocenters. The average Bonchev–Trinajstić information content (AvgIpc) is 3.77. The number of rotatable bonds is 0. The minimum atomic E-state index is -1.26. The summed E-state index contributed by atoms with van der Waals surface area (Å²) < 4.78 is 120. The van der Waals surface area contributed by atoms with Crippen LogP contribution in [-0.2, 0) is 0 Å². The Hall–Kier alpha value is -6.25. The van der Waals surface area contributed by atoms with Gasteiger partial charge in [-0.1, -0.05) is 0 Å². The Morgan fingerprint density at radius 3 is 1.25 bits per heavy atom. The molecule has 0 fully saturated rings. The monoisotopic (exact) mass is 659 g/mol. The van der Waals surface area contributed by atoms with Gasteiger partial charge in [0.25, 0.3) is 0 Å². The van der Waals surface area contributed by atoms with E-state index in [1.807, 2.05) is 0 Å². The molecule has 0 saturated carbocycles. The fraction of sp³-hybridized carbons (Fsp3) is 0. The van der Waals surface area contributed by atoms with Gasteiger partial charge in [-0.15, -0.1) is 0 Å². The van der Waals surface area contributed by atoms with Crippen molar-refractivity contribution in [1.82, 2.24) is 19.9 Å². The predicted molar refractivity (Wildman–Crippen MR) is 158 cm³/mol. The highest BCUT2D eigenvalue weighted by molar-refractivity contribution is 6.01. The van der Waals surface area contributed by atoms with Gasteiger partial charge >= 0.3 is 0 Å². The van der Waals surface area contributed by atoms with E-state index in [-0.39, 0.29) is 88.0 Å². The van der Waals surface area contributed by atoms with E-state index in [9.17, 15) is 17.6 Å². The average molecular weight is 660 g/mol. The van der Waals surface area contributed by atoms with Gasteiger partial charge in [-0.25, -0.2) is 50.1 Å². The van der Waals surface area contributed by atoms with E-state index in [1.54, 1.807) is 0 Å². The van der Waals surface area contributed by atoms with Crippen molar-refractivity contribution in [3.8, 4) is 0 Å². The molecule has 0 radical (unpaired) electrons. The van der Waals surface area contributed by atoms with Crippen molar-refractivity contribution in [3.05, 3.63) is 123 Å². The Morgan fingerprint density at radius 1 is 0.375 bits per heavy atom. The third kappa shape index (κ3) is 3.90. The molecule has 1 aliphatic heterocycles. The van der Waals surface area contributed by atoms with Gasteiger partial charge < -0.3 is 19.9 Å². The highest BCUT2D eigenvalue weighted by Gasteiger charge is 2.21. The summed E-state index contributed by atoms with van der Waals surface area (Å²) in [4.78, 5) is 24.5. The molecular weight excluding hydrogens is 646 g/mol. The summed E-state index contributed by atoms with van der Waals surface area (Å²) in [6.45, 7) is 0. The smallest absolute Gasteiger partial charge is 0.159 e. The van der Waals surface area contributed by atoms with Crippen molar-refractivity contribution in [1.29, 1.82) is 0 Å². The Bertz CT molecular complexity index is 2610. The Balaban J connectivity index is 1.55. The van der Waals surface area contributed by atoms with Crippen LogP contribution in [0.3, 0.4) is 0 Å². The van der Waals surface area contributed by atoms with Gasteiger partial charge in [-0.3, -0.25) is 0 Å². The predicted octanol–water partition coefficient (Wildman–Crippen LogP) is 6.72. The van der Waals surface area contributed by atoms with E-state index < -0.39 is 46.5 Å². The van der Waals surface area contributed by atoms with Crippen molar-refractivity contribution < 1.29 is 35.1 Å². The van der Waals surface area contributed by atoms with Crippen molar-refractivity contribution in [2.75, 3.05) is 0 Å².